The second kappa shape index (κ2) is 8.73. The number of benzene rings is 2. The van der Waals surface area contributed by atoms with E-state index in [4.69, 9.17) is 16.4 Å². The molecule has 0 radical (unpaired) electrons. The molecule has 2 aliphatic heterocycles. The summed E-state index contributed by atoms with van der Waals surface area (Å²) in [6.07, 6.45) is 0.629. The predicted octanol–water partition coefficient (Wildman–Crippen LogP) is 3.64. The smallest absolute Gasteiger partial charge is 0.259 e. The van der Waals surface area contributed by atoms with Gasteiger partial charge in [-0.1, -0.05) is 23.7 Å². The second-order valence-corrected chi connectivity index (χ2v) is 8.41. The van der Waals surface area contributed by atoms with Gasteiger partial charge in [0.15, 0.2) is 0 Å². The molecular formula is C22H20ClF3N2O4. The van der Waals surface area contributed by atoms with Crippen molar-refractivity contribution in [3.63, 3.8) is 0 Å². The molecule has 2 heterocycles. The molecule has 0 spiro atoms. The summed E-state index contributed by atoms with van der Waals surface area (Å²) in [6.45, 7) is -0.281. The SMILES string of the molecule is O=C(c1c(F)cc(Cl)cc1F)N1CCC(O)(CON2C(=O)CCc3cccc(F)c32)CC1. The predicted molar refractivity (Wildman–Crippen MR) is 110 cm³/mol. The van der Waals surface area contributed by atoms with Crippen LogP contribution in [-0.4, -0.2) is 47.1 Å². The van der Waals surface area contributed by atoms with Crippen molar-refractivity contribution in [3.05, 3.63) is 63.9 Å². The Kier molecular flexibility index (Phi) is 6.15. The van der Waals surface area contributed by atoms with Gasteiger partial charge >= 0.3 is 0 Å². The van der Waals surface area contributed by atoms with E-state index in [1.807, 2.05) is 0 Å². The largest absolute Gasteiger partial charge is 0.387 e. The fourth-order valence-electron chi connectivity index (χ4n) is 3.95. The molecule has 6 nitrogen and oxygen atoms in total. The third-order valence-corrected chi connectivity index (χ3v) is 5.99. The lowest BCUT2D eigenvalue weighted by Gasteiger charge is -2.39. The van der Waals surface area contributed by atoms with Crippen LogP contribution in [0.3, 0.4) is 0 Å². The van der Waals surface area contributed by atoms with Crippen LogP contribution < -0.4 is 5.06 Å². The van der Waals surface area contributed by atoms with Crippen LogP contribution in [0.4, 0.5) is 18.9 Å². The summed E-state index contributed by atoms with van der Waals surface area (Å²) in [7, 11) is 0. The fourth-order valence-corrected chi connectivity index (χ4v) is 4.14. The monoisotopic (exact) mass is 468 g/mol. The van der Waals surface area contributed by atoms with Gasteiger partial charge in [0.2, 0.25) is 0 Å². The Labute approximate surface area is 187 Å². The number of rotatable bonds is 4. The van der Waals surface area contributed by atoms with Crippen LogP contribution >= 0.6 is 11.6 Å². The number of carbonyl (C=O) groups is 2. The number of hydrogen-bond donors (Lipinski definition) is 1. The van der Waals surface area contributed by atoms with Crippen molar-refractivity contribution in [1.29, 1.82) is 0 Å². The van der Waals surface area contributed by atoms with Gasteiger partial charge in [-0.2, -0.15) is 5.06 Å². The summed E-state index contributed by atoms with van der Waals surface area (Å²) in [6, 6.07) is 6.20. The molecule has 2 amide bonds. The summed E-state index contributed by atoms with van der Waals surface area (Å²) >= 11 is 5.60. The highest BCUT2D eigenvalue weighted by Gasteiger charge is 2.38. The molecule has 32 heavy (non-hydrogen) atoms. The number of aryl methyl sites for hydroxylation is 1. The van der Waals surface area contributed by atoms with Crippen LogP contribution in [-0.2, 0) is 16.1 Å². The minimum Gasteiger partial charge on any atom is -0.387 e. The first kappa shape index (κ1) is 22.6. The molecule has 170 valence electrons. The Bertz CT molecular complexity index is 1050. The van der Waals surface area contributed by atoms with Gasteiger partial charge in [-0.05, 0) is 43.0 Å². The van der Waals surface area contributed by atoms with E-state index in [0.29, 0.717) is 12.0 Å². The molecule has 10 heteroatoms. The number of likely N-dealkylation sites (tertiary alicyclic amines) is 1. The highest BCUT2D eigenvalue weighted by molar-refractivity contribution is 6.30. The maximum Gasteiger partial charge on any atom is 0.259 e. The van der Waals surface area contributed by atoms with Gasteiger partial charge in [0, 0.05) is 24.5 Å². The molecule has 1 fully saturated rings. The van der Waals surface area contributed by atoms with Crippen LogP contribution in [0.1, 0.15) is 35.2 Å². The first-order valence-electron chi connectivity index (χ1n) is 10.1. The first-order chi connectivity index (χ1) is 15.2. The minimum atomic E-state index is -1.41. The number of piperidine rings is 1. The van der Waals surface area contributed by atoms with Gasteiger partial charge in [0.1, 0.15) is 35.3 Å². The molecule has 0 unspecified atom stereocenters. The Morgan fingerprint density at radius 3 is 2.41 bits per heavy atom. The fraction of sp³-hybridized carbons (Fsp3) is 0.364. The second-order valence-electron chi connectivity index (χ2n) is 7.97. The molecule has 0 aliphatic carbocycles. The van der Waals surface area contributed by atoms with E-state index in [-0.39, 0.29) is 49.7 Å². The maximum absolute atomic E-state index is 14.3. The molecular weight excluding hydrogens is 449 g/mol. The number of fused-ring (bicyclic) bond motifs is 1. The van der Waals surface area contributed by atoms with Crippen LogP contribution in [0.2, 0.25) is 5.02 Å². The van der Waals surface area contributed by atoms with E-state index in [1.54, 1.807) is 12.1 Å². The number of anilines is 1. The van der Waals surface area contributed by atoms with E-state index in [9.17, 15) is 27.9 Å². The average Bonchev–Trinajstić information content (AvgIpc) is 2.73. The van der Waals surface area contributed by atoms with Crippen molar-refractivity contribution < 1.29 is 32.7 Å². The maximum atomic E-state index is 14.3. The van der Waals surface area contributed by atoms with Gasteiger partial charge in [0.05, 0.1) is 5.60 Å². The Hall–Kier alpha value is -2.62. The van der Waals surface area contributed by atoms with E-state index in [1.165, 1.54) is 11.0 Å². The number of halogens is 4. The normalized spacial score (nSPS) is 18.0. The highest BCUT2D eigenvalue weighted by Crippen LogP contribution is 2.32. The summed E-state index contributed by atoms with van der Waals surface area (Å²) in [5.41, 5.74) is -1.45. The molecule has 0 atom stereocenters. The molecule has 0 bridgehead atoms. The van der Waals surface area contributed by atoms with Crippen molar-refractivity contribution in [1.82, 2.24) is 4.90 Å². The van der Waals surface area contributed by atoms with Gasteiger partial charge < -0.3 is 10.0 Å². The third kappa shape index (κ3) is 4.32. The van der Waals surface area contributed by atoms with Gasteiger partial charge in [-0.15, -0.1) is 0 Å². The quantitative estimate of drug-likeness (QED) is 0.744. The molecule has 0 aromatic heterocycles. The van der Waals surface area contributed by atoms with Crippen molar-refractivity contribution in [2.75, 3.05) is 24.8 Å². The number of para-hydroxylation sites is 1. The van der Waals surface area contributed by atoms with Gasteiger partial charge in [0.25, 0.3) is 11.8 Å². The van der Waals surface area contributed by atoms with E-state index >= 15 is 0 Å². The Balaban J connectivity index is 1.41. The number of aliphatic hydroxyl groups is 1. The van der Waals surface area contributed by atoms with Crippen molar-refractivity contribution in [3.8, 4) is 0 Å². The lowest BCUT2D eigenvalue weighted by molar-refractivity contribution is -0.133. The molecule has 0 saturated carbocycles. The minimum absolute atomic E-state index is 0.0130. The number of nitrogens with zero attached hydrogens (tertiary/aromatic N) is 2. The van der Waals surface area contributed by atoms with E-state index in [2.05, 4.69) is 0 Å². The van der Waals surface area contributed by atoms with E-state index in [0.717, 1.165) is 17.2 Å². The van der Waals surface area contributed by atoms with Crippen LogP contribution in [0.25, 0.3) is 0 Å². The summed E-state index contributed by atoms with van der Waals surface area (Å²) in [4.78, 5) is 31.6. The van der Waals surface area contributed by atoms with Crippen molar-refractivity contribution in [2.24, 2.45) is 0 Å². The molecule has 4 rings (SSSR count). The number of amides is 2. The zero-order chi connectivity index (χ0) is 23.0. The average molecular weight is 469 g/mol. The van der Waals surface area contributed by atoms with Gasteiger partial charge in [-0.3, -0.25) is 14.4 Å². The van der Waals surface area contributed by atoms with Crippen LogP contribution in [0, 0.1) is 17.5 Å². The Morgan fingerprint density at radius 1 is 1.09 bits per heavy atom. The molecule has 2 aliphatic rings. The van der Waals surface area contributed by atoms with Gasteiger partial charge in [-0.25, -0.2) is 13.2 Å². The third-order valence-electron chi connectivity index (χ3n) is 5.77. The number of hydroxylamine groups is 1. The van der Waals surface area contributed by atoms with Crippen LogP contribution in [0.5, 0.6) is 0 Å². The zero-order valence-electron chi connectivity index (χ0n) is 16.9. The molecule has 1 N–H and O–H groups in total. The van der Waals surface area contributed by atoms with Crippen molar-refractivity contribution in [2.45, 2.75) is 31.3 Å². The lowest BCUT2D eigenvalue weighted by Crippen LogP contribution is -2.51. The first-order valence-corrected chi connectivity index (χ1v) is 10.5. The number of hydrogen-bond acceptors (Lipinski definition) is 4. The van der Waals surface area contributed by atoms with Crippen molar-refractivity contribution >= 4 is 29.1 Å². The lowest BCUT2D eigenvalue weighted by atomic mass is 9.92. The standard InChI is InChI=1S/C22H20ClF3N2O4/c23-14-10-16(25)19(17(26)11-14)21(30)27-8-6-22(31,7-9-27)12-32-28-18(29)5-4-13-2-1-3-15(24)20(13)28/h1-3,10-11,31H,4-9,12H2. The molecule has 2 aromatic carbocycles. The molecule has 2 aromatic rings. The summed E-state index contributed by atoms with van der Waals surface area (Å²) in [5.74, 6) is -3.99. The van der Waals surface area contributed by atoms with Crippen LogP contribution in [0.15, 0.2) is 30.3 Å². The Morgan fingerprint density at radius 2 is 1.75 bits per heavy atom. The zero-order valence-corrected chi connectivity index (χ0v) is 17.7. The molecule has 1 saturated heterocycles. The summed E-state index contributed by atoms with van der Waals surface area (Å²) < 4.78 is 42.5. The number of carbonyl (C=O) groups excluding carboxylic acids is 2. The highest BCUT2D eigenvalue weighted by atomic mass is 35.5. The summed E-state index contributed by atoms with van der Waals surface area (Å²) in [5, 5.41) is 11.6. The topological polar surface area (TPSA) is 70.1 Å². The van der Waals surface area contributed by atoms with E-state index < -0.39 is 40.4 Å².